The molecule has 0 radical (unpaired) electrons. The monoisotopic (exact) mass is 294 g/mol. The average Bonchev–Trinajstić information content (AvgIpc) is 3.00. The number of carbonyl (C=O) groups excluding carboxylic acids is 1. The van der Waals surface area contributed by atoms with Gasteiger partial charge in [-0.05, 0) is 63.5 Å². The standard InChI is InChI=1S/C18H34N2O/c1-15(2)11-14-20(17-5-3-4-6-17)18(21)8-7-16-9-12-19-13-10-16/h15-17,19H,3-14H2,1-2H3. The molecule has 1 saturated carbocycles. The van der Waals surface area contributed by atoms with Crippen molar-refractivity contribution in [3.8, 4) is 0 Å². The summed E-state index contributed by atoms with van der Waals surface area (Å²) >= 11 is 0. The molecule has 1 saturated heterocycles. The highest BCUT2D eigenvalue weighted by atomic mass is 16.2. The molecule has 0 bridgehead atoms. The largest absolute Gasteiger partial charge is 0.340 e. The topological polar surface area (TPSA) is 32.3 Å². The second kappa shape index (κ2) is 8.77. The van der Waals surface area contributed by atoms with Crippen molar-refractivity contribution >= 4 is 5.91 Å². The summed E-state index contributed by atoms with van der Waals surface area (Å²) in [5, 5.41) is 3.41. The van der Waals surface area contributed by atoms with Gasteiger partial charge in [-0.1, -0.05) is 26.7 Å². The van der Waals surface area contributed by atoms with E-state index in [-0.39, 0.29) is 0 Å². The van der Waals surface area contributed by atoms with Crippen molar-refractivity contribution in [2.24, 2.45) is 11.8 Å². The van der Waals surface area contributed by atoms with E-state index in [0.29, 0.717) is 17.9 Å². The predicted octanol–water partition coefficient (Wildman–Crippen LogP) is 3.58. The van der Waals surface area contributed by atoms with Gasteiger partial charge in [-0.2, -0.15) is 0 Å². The van der Waals surface area contributed by atoms with Crippen molar-refractivity contribution in [2.75, 3.05) is 19.6 Å². The van der Waals surface area contributed by atoms with Crippen LogP contribution in [0.5, 0.6) is 0 Å². The van der Waals surface area contributed by atoms with Crippen molar-refractivity contribution in [3.05, 3.63) is 0 Å². The van der Waals surface area contributed by atoms with E-state index in [9.17, 15) is 4.79 Å². The van der Waals surface area contributed by atoms with E-state index < -0.39 is 0 Å². The number of hydrogen-bond acceptors (Lipinski definition) is 2. The highest BCUT2D eigenvalue weighted by molar-refractivity contribution is 5.76. The van der Waals surface area contributed by atoms with Crippen LogP contribution in [0.2, 0.25) is 0 Å². The van der Waals surface area contributed by atoms with Crippen molar-refractivity contribution in [3.63, 3.8) is 0 Å². The van der Waals surface area contributed by atoms with Gasteiger partial charge in [-0.3, -0.25) is 4.79 Å². The molecule has 2 aliphatic rings. The van der Waals surface area contributed by atoms with Crippen LogP contribution in [0.1, 0.15) is 71.6 Å². The number of nitrogens with zero attached hydrogens (tertiary/aromatic N) is 1. The molecule has 0 aromatic carbocycles. The molecular weight excluding hydrogens is 260 g/mol. The Bertz CT molecular complexity index is 304. The van der Waals surface area contributed by atoms with Crippen molar-refractivity contribution in [2.45, 2.75) is 77.7 Å². The zero-order chi connectivity index (χ0) is 15.1. The fourth-order valence-corrected chi connectivity index (χ4v) is 3.77. The van der Waals surface area contributed by atoms with Crippen LogP contribution in [0.4, 0.5) is 0 Å². The van der Waals surface area contributed by atoms with Gasteiger partial charge in [0.2, 0.25) is 5.91 Å². The van der Waals surface area contributed by atoms with Crippen LogP contribution in [0.3, 0.4) is 0 Å². The van der Waals surface area contributed by atoms with Crippen molar-refractivity contribution < 1.29 is 4.79 Å². The van der Waals surface area contributed by atoms with Gasteiger partial charge in [0.15, 0.2) is 0 Å². The molecule has 0 aromatic rings. The maximum absolute atomic E-state index is 12.7. The zero-order valence-electron chi connectivity index (χ0n) is 14.1. The van der Waals surface area contributed by atoms with Crippen LogP contribution in [-0.4, -0.2) is 36.5 Å². The summed E-state index contributed by atoms with van der Waals surface area (Å²) < 4.78 is 0. The highest BCUT2D eigenvalue weighted by Gasteiger charge is 2.27. The minimum atomic E-state index is 0.432. The van der Waals surface area contributed by atoms with E-state index in [1.165, 1.54) is 38.5 Å². The molecule has 1 heterocycles. The predicted molar refractivity (Wildman–Crippen MR) is 88.3 cm³/mol. The first-order valence-corrected chi connectivity index (χ1v) is 9.17. The molecule has 3 nitrogen and oxygen atoms in total. The molecule has 1 aliphatic carbocycles. The smallest absolute Gasteiger partial charge is 0.222 e. The lowest BCUT2D eigenvalue weighted by Crippen LogP contribution is -2.40. The second-order valence-electron chi connectivity index (χ2n) is 7.44. The van der Waals surface area contributed by atoms with Crippen LogP contribution >= 0.6 is 0 Å². The van der Waals surface area contributed by atoms with Gasteiger partial charge in [0, 0.05) is 19.0 Å². The Labute approximate surface area is 130 Å². The fraction of sp³-hybridized carbons (Fsp3) is 0.944. The van der Waals surface area contributed by atoms with Crippen molar-refractivity contribution in [1.82, 2.24) is 10.2 Å². The number of nitrogens with one attached hydrogen (secondary N) is 1. The van der Waals surface area contributed by atoms with Gasteiger partial charge in [0.1, 0.15) is 0 Å². The molecule has 1 amide bonds. The van der Waals surface area contributed by atoms with Crippen LogP contribution in [-0.2, 0) is 4.79 Å². The molecule has 122 valence electrons. The number of hydrogen-bond donors (Lipinski definition) is 1. The Balaban J connectivity index is 1.80. The highest BCUT2D eigenvalue weighted by Crippen LogP contribution is 2.26. The van der Waals surface area contributed by atoms with E-state index in [1.54, 1.807) is 0 Å². The fourth-order valence-electron chi connectivity index (χ4n) is 3.77. The van der Waals surface area contributed by atoms with Crippen LogP contribution in [0.15, 0.2) is 0 Å². The van der Waals surface area contributed by atoms with Crippen LogP contribution < -0.4 is 5.32 Å². The summed E-state index contributed by atoms with van der Waals surface area (Å²) in [5.74, 6) is 1.89. The molecule has 2 rings (SSSR count). The molecule has 1 N–H and O–H groups in total. The number of piperidine rings is 1. The Morgan fingerprint density at radius 1 is 1.14 bits per heavy atom. The minimum Gasteiger partial charge on any atom is -0.340 e. The van der Waals surface area contributed by atoms with Crippen molar-refractivity contribution in [1.29, 1.82) is 0 Å². The maximum atomic E-state index is 12.7. The Morgan fingerprint density at radius 2 is 1.81 bits per heavy atom. The lowest BCUT2D eigenvalue weighted by molar-refractivity contribution is -0.134. The second-order valence-corrected chi connectivity index (χ2v) is 7.44. The number of carbonyl (C=O) groups is 1. The van der Waals surface area contributed by atoms with E-state index in [1.807, 2.05) is 0 Å². The van der Waals surface area contributed by atoms with Gasteiger partial charge in [0.05, 0.1) is 0 Å². The first-order chi connectivity index (χ1) is 10.2. The SMILES string of the molecule is CC(C)CCN(C(=O)CCC1CCNCC1)C1CCCC1. The van der Waals surface area contributed by atoms with Gasteiger partial charge in [-0.15, -0.1) is 0 Å². The van der Waals surface area contributed by atoms with Crippen LogP contribution in [0, 0.1) is 11.8 Å². The lowest BCUT2D eigenvalue weighted by atomic mass is 9.93. The molecule has 3 heteroatoms. The third-order valence-electron chi connectivity index (χ3n) is 5.26. The maximum Gasteiger partial charge on any atom is 0.222 e. The van der Waals surface area contributed by atoms with Gasteiger partial charge in [0.25, 0.3) is 0 Å². The number of amides is 1. The molecule has 0 aromatic heterocycles. The summed E-state index contributed by atoms with van der Waals surface area (Å²) in [6.07, 6.45) is 10.6. The van der Waals surface area contributed by atoms with Gasteiger partial charge >= 0.3 is 0 Å². The third kappa shape index (κ3) is 5.61. The average molecular weight is 294 g/mol. The summed E-state index contributed by atoms with van der Waals surface area (Å²) in [4.78, 5) is 14.9. The Morgan fingerprint density at radius 3 is 2.43 bits per heavy atom. The zero-order valence-corrected chi connectivity index (χ0v) is 14.1. The first kappa shape index (κ1) is 16.8. The Hall–Kier alpha value is -0.570. The summed E-state index contributed by atoms with van der Waals surface area (Å²) in [6, 6.07) is 0.546. The minimum absolute atomic E-state index is 0.432. The van der Waals surface area contributed by atoms with E-state index in [4.69, 9.17) is 0 Å². The third-order valence-corrected chi connectivity index (χ3v) is 5.26. The molecule has 0 unspecified atom stereocenters. The molecule has 2 fully saturated rings. The quantitative estimate of drug-likeness (QED) is 0.778. The molecule has 0 atom stereocenters. The van der Waals surface area contributed by atoms with Gasteiger partial charge < -0.3 is 10.2 Å². The summed E-state index contributed by atoms with van der Waals surface area (Å²) in [6.45, 7) is 7.77. The van der Waals surface area contributed by atoms with E-state index in [0.717, 1.165) is 44.8 Å². The van der Waals surface area contributed by atoms with Crippen LogP contribution in [0.25, 0.3) is 0 Å². The summed E-state index contributed by atoms with van der Waals surface area (Å²) in [7, 11) is 0. The summed E-state index contributed by atoms with van der Waals surface area (Å²) in [5.41, 5.74) is 0. The number of rotatable bonds is 7. The Kier molecular flexibility index (Phi) is 7.01. The molecule has 21 heavy (non-hydrogen) atoms. The first-order valence-electron chi connectivity index (χ1n) is 9.17. The van der Waals surface area contributed by atoms with Gasteiger partial charge in [-0.25, -0.2) is 0 Å². The molecule has 1 aliphatic heterocycles. The van der Waals surface area contributed by atoms with E-state index in [2.05, 4.69) is 24.1 Å². The molecular formula is C18H34N2O. The lowest BCUT2D eigenvalue weighted by Gasteiger charge is -2.31. The normalized spacial score (nSPS) is 21.1. The molecule has 0 spiro atoms. The van der Waals surface area contributed by atoms with E-state index >= 15 is 0 Å².